The van der Waals surface area contributed by atoms with E-state index in [4.69, 9.17) is 15.5 Å². The smallest absolute Gasteiger partial charge is 0.294 e. The maximum absolute atomic E-state index is 12.3. The molecule has 106 heavy (non-hydrogen) atoms. The number of pyridine rings is 4. The van der Waals surface area contributed by atoms with Crippen LogP contribution in [-0.2, 0) is 25.7 Å². The second-order valence-electron chi connectivity index (χ2n) is 25.2. The molecule has 0 spiro atoms. The van der Waals surface area contributed by atoms with Crippen molar-refractivity contribution in [2.24, 2.45) is 0 Å². The molecule has 0 bridgehead atoms. The molecule has 0 fully saturated rings. The highest BCUT2D eigenvalue weighted by Crippen LogP contribution is 2.26. The molecule has 8 aromatic heterocycles. The molecule has 0 saturated carbocycles. The summed E-state index contributed by atoms with van der Waals surface area (Å²) in [4.78, 5) is 73.6. The van der Waals surface area contributed by atoms with Crippen molar-refractivity contribution in [3.05, 3.63) is 277 Å². The van der Waals surface area contributed by atoms with Gasteiger partial charge in [-0.25, -0.2) is 15.0 Å². The molecule has 19 nitrogen and oxygen atoms in total. The quantitative estimate of drug-likeness (QED) is 0.0153. The number of carbonyl (C=O) groups is 4. The summed E-state index contributed by atoms with van der Waals surface area (Å²) >= 11 is 7.95. The van der Waals surface area contributed by atoms with Crippen molar-refractivity contribution in [1.29, 1.82) is 0 Å². The number of nitrogens with zero attached hydrogens (tertiary/aromatic N) is 13. The zero-order valence-corrected chi connectivity index (χ0v) is 63.5. The van der Waals surface area contributed by atoms with Crippen molar-refractivity contribution in [3.8, 4) is 45.2 Å². The predicted octanol–water partition coefficient (Wildman–Crippen LogP) is 21.3. The predicted molar refractivity (Wildman–Crippen MR) is 420 cm³/mol. The van der Waals surface area contributed by atoms with E-state index < -0.39 is 0 Å². The third kappa shape index (κ3) is 28.2. The summed E-state index contributed by atoms with van der Waals surface area (Å²) in [7, 11) is 0. The Morgan fingerprint density at radius 3 is 1.35 bits per heavy atom. The molecule has 0 aliphatic heterocycles. The number of hydrogen-bond donors (Lipinski definition) is 0. The lowest BCUT2D eigenvalue weighted by atomic mass is 10.0. The van der Waals surface area contributed by atoms with Crippen LogP contribution in [0.3, 0.4) is 0 Å². The van der Waals surface area contributed by atoms with Gasteiger partial charge in [0, 0.05) is 31.4 Å². The van der Waals surface area contributed by atoms with Crippen LogP contribution in [-0.4, -0.2) is 83.8 Å². The van der Waals surface area contributed by atoms with E-state index >= 15 is 0 Å². The van der Waals surface area contributed by atoms with Gasteiger partial charge < -0.3 is 13.8 Å². The zero-order valence-electron chi connectivity index (χ0n) is 59.5. The molecular formula is C84H85Br2N13O6S. The number of unbranched alkanes of at least 4 members (excludes halogenated alkanes) is 12. The largest absolute Gasteiger partial charge is 0.412 e. The van der Waals surface area contributed by atoms with Gasteiger partial charge in [0.1, 0.15) is 37.7 Å². The normalized spacial score (nSPS) is 10.7. The molecule has 0 N–H and O–H groups in total. The maximum atomic E-state index is 12.3. The number of benzene rings is 4. The van der Waals surface area contributed by atoms with Gasteiger partial charge in [0.2, 0.25) is 17.4 Å². The van der Waals surface area contributed by atoms with E-state index in [9.17, 15) is 19.2 Å². The van der Waals surface area contributed by atoms with Crippen LogP contribution in [0.5, 0.6) is 0 Å². The van der Waals surface area contributed by atoms with Crippen molar-refractivity contribution in [2.75, 3.05) is 0 Å². The minimum atomic E-state index is -0.109. The average molecular weight is 1560 g/mol. The summed E-state index contributed by atoms with van der Waals surface area (Å²) in [6.45, 7) is 8.92. The number of halogens is 2. The van der Waals surface area contributed by atoms with Crippen molar-refractivity contribution < 1.29 is 28.1 Å². The summed E-state index contributed by atoms with van der Waals surface area (Å²) in [5, 5.41) is 29.1. The molecule has 12 rings (SSSR count). The van der Waals surface area contributed by atoms with Crippen LogP contribution in [0.1, 0.15) is 198 Å². The maximum Gasteiger partial charge on any atom is 0.294 e. The fourth-order valence-corrected chi connectivity index (χ4v) is 12.7. The summed E-state index contributed by atoms with van der Waals surface area (Å²) < 4.78 is 12.0. The van der Waals surface area contributed by atoms with Crippen LogP contribution >= 0.6 is 43.2 Å². The molecule has 8 heterocycles. The topological polar surface area (TPSA) is 254 Å². The molecule has 0 aliphatic rings. The van der Waals surface area contributed by atoms with E-state index in [1.54, 1.807) is 42.5 Å². The zero-order chi connectivity index (χ0) is 74.2. The van der Waals surface area contributed by atoms with Crippen molar-refractivity contribution in [1.82, 2.24) is 60.7 Å². The van der Waals surface area contributed by atoms with E-state index in [0.29, 0.717) is 80.4 Å². The molecule has 0 aliphatic carbocycles. The lowest BCUT2D eigenvalue weighted by Gasteiger charge is -2.03. The Morgan fingerprint density at radius 2 is 0.840 bits per heavy atom. The second-order valence-corrected chi connectivity index (χ2v) is 27.8. The van der Waals surface area contributed by atoms with E-state index in [2.05, 4.69) is 194 Å². The van der Waals surface area contributed by atoms with Gasteiger partial charge >= 0.3 is 0 Å². The molecule has 542 valence electrons. The highest BCUT2D eigenvalue weighted by molar-refractivity contribution is 9.10. The highest BCUT2D eigenvalue weighted by Gasteiger charge is 2.20. The van der Waals surface area contributed by atoms with E-state index in [1.165, 1.54) is 33.6 Å². The van der Waals surface area contributed by atoms with E-state index in [0.717, 1.165) is 144 Å². The van der Waals surface area contributed by atoms with Crippen molar-refractivity contribution in [2.45, 2.75) is 161 Å². The first-order valence-electron chi connectivity index (χ1n) is 36.1. The van der Waals surface area contributed by atoms with Crippen molar-refractivity contribution >= 4 is 72.1 Å². The number of Topliss-reactive ketones (excluding diaryl/α,β-unsaturated/α-hetero) is 4. The SMILES string of the molecule is Cc1cccc(-c2noc(C(=O)CCCCCCc3ccccc3)n2)n1.O=C(CCCCCCc1ccccc1)c1nnc(-c2cccc(Br)n2)o1.O=C(CCCCCCc1ccccc1)c1nnc(-c2cccc(Br)n2)s1.[C-]#[N+]c1cccc(-c2ccc(C(=O)CCCCCCc3ccccc3)nn2)n1. The van der Waals surface area contributed by atoms with E-state index in [-0.39, 0.29) is 40.8 Å². The standard InChI is InChI=1S/C23H22N4O.C21H23N3O2.C20H20BrN3O2.C20H20BrN3OS/c1-24-23-15-9-13-19(25-23)20-16-17-21(27-26-20)22(28)14-8-3-2-5-10-18-11-6-4-7-12-18;1-16-10-9-14-18(22-16)20-23-21(26-24-20)19(25)15-8-3-2-5-11-17-12-6-4-7-13-17;2*21-18-14-8-12-16(22-18)19-23-24-20(26-19)17(25)13-7-2-1-4-9-15-10-5-3-6-11-15/h4,6-7,9,11-13,15-17H,2-3,5,8,10,14H2;4,6-7,9-10,12-14H,2-3,5,8,11,15H2,1H3;2*3,5-6,8,10-12,14H,1-2,4,7,9,13H2. The number of aryl methyl sites for hydroxylation is 5. The molecule has 4 aromatic carbocycles. The molecular weight excluding hydrogens is 1480 g/mol. The van der Waals surface area contributed by atoms with Gasteiger partial charge in [-0.1, -0.05) is 220 Å². The molecule has 0 radical (unpaired) electrons. The second kappa shape index (κ2) is 45.0. The average Bonchev–Trinajstić information content (AvgIpc) is 1.65. The Balaban J connectivity index is 0.000000164. The first kappa shape index (κ1) is 79.6. The third-order valence-corrected chi connectivity index (χ3v) is 18.8. The Bertz CT molecular complexity index is 4330. The fourth-order valence-electron chi connectivity index (χ4n) is 11.2. The van der Waals surface area contributed by atoms with Gasteiger partial charge in [0.05, 0.1) is 0 Å². The van der Waals surface area contributed by atoms with Crippen LogP contribution in [0.2, 0.25) is 0 Å². The number of rotatable bonds is 36. The lowest BCUT2D eigenvalue weighted by molar-refractivity contribution is 0.0932. The highest BCUT2D eigenvalue weighted by atomic mass is 79.9. The van der Waals surface area contributed by atoms with Gasteiger partial charge in [-0.05, 0) is 199 Å². The van der Waals surface area contributed by atoms with Gasteiger partial charge in [-0.3, -0.25) is 19.2 Å². The van der Waals surface area contributed by atoms with Crippen molar-refractivity contribution in [3.63, 3.8) is 0 Å². The van der Waals surface area contributed by atoms with Crippen LogP contribution in [0.4, 0.5) is 5.82 Å². The molecule has 0 atom stereocenters. The minimum absolute atomic E-state index is 0.0185. The summed E-state index contributed by atoms with van der Waals surface area (Å²) in [6.07, 6.45) is 22.9. The Morgan fingerprint density at radius 1 is 0.377 bits per heavy atom. The first-order valence-corrected chi connectivity index (χ1v) is 38.5. The van der Waals surface area contributed by atoms with Crippen LogP contribution < -0.4 is 0 Å². The van der Waals surface area contributed by atoms with Gasteiger partial charge in [0.25, 0.3) is 23.5 Å². The van der Waals surface area contributed by atoms with Crippen LogP contribution in [0, 0.1) is 13.5 Å². The van der Waals surface area contributed by atoms with E-state index in [1.807, 2.05) is 73.7 Å². The summed E-state index contributed by atoms with van der Waals surface area (Å²) in [5.41, 5.74) is 9.77. The first-order chi connectivity index (χ1) is 51.9. The van der Waals surface area contributed by atoms with Gasteiger partial charge in [0.15, 0.2) is 27.3 Å². The summed E-state index contributed by atoms with van der Waals surface area (Å²) in [5.74, 6) is 0.959. The number of ketones is 4. The number of carbonyl (C=O) groups excluding carboxylic acids is 4. The Hall–Kier alpha value is -10.5. The van der Waals surface area contributed by atoms with Gasteiger partial charge in [-0.15, -0.1) is 35.6 Å². The molecule has 0 amide bonds. The minimum Gasteiger partial charge on any atom is -0.412 e. The fraction of sp³-hybridized carbons (Fsp3) is 0.298. The molecule has 0 saturated heterocycles. The Labute approximate surface area is 640 Å². The number of hydrogen-bond acceptors (Lipinski definition) is 19. The monoisotopic (exact) mass is 1560 g/mol. The Kier molecular flexibility index (Phi) is 33.8. The van der Waals surface area contributed by atoms with Gasteiger partial charge in [-0.2, -0.15) is 4.98 Å². The third-order valence-electron chi connectivity index (χ3n) is 16.9. The summed E-state index contributed by atoms with van der Waals surface area (Å²) in [6, 6.07) is 67.1. The van der Waals surface area contributed by atoms with Crippen LogP contribution in [0.15, 0.2) is 224 Å². The molecule has 12 aromatic rings. The molecule has 0 unspecified atom stereocenters. The van der Waals surface area contributed by atoms with Crippen LogP contribution in [0.25, 0.3) is 50.0 Å². The lowest BCUT2D eigenvalue weighted by Crippen LogP contribution is -2.04. The number of aromatic nitrogens is 12. The molecule has 22 heteroatoms.